The molecule has 152 valence electrons. The minimum Gasteiger partial charge on any atom is -0.366 e. The second-order valence-corrected chi connectivity index (χ2v) is 7.03. The molecule has 3 aromatic heterocycles. The summed E-state index contributed by atoms with van der Waals surface area (Å²) in [6.07, 6.45) is 6.71. The van der Waals surface area contributed by atoms with Crippen LogP contribution in [-0.2, 0) is 24.2 Å². The fourth-order valence-corrected chi connectivity index (χ4v) is 3.76. The van der Waals surface area contributed by atoms with E-state index in [0.29, 0.717) is 11.2 Å². The summed E-state index contributed by atoms with van der Waals surface area (Å²) >= 11 is 0. The summed E-state index contributed by atoms with van der Waals surface area (Å²) in [6, 6.07) is 9.72. The van der Waals surface area contributed by atoms with Crippen LogP contribution in [0.5, 0.6) is 0 Å². The van der Waals surface area contributed by atoms with Gasteiger partial charge in [-0.2, -0.15) is 5.10 Å². The zero-order valence-corrected chi connectivity index (χ0v) is 16.7. The van der Waals surface area contributed by atoms with Gasteiger partial charge in [-0.05, 0) is 49.6 Å². The Kier molecular flexibility index (Phi) is 5.38. The van der Waals surface area contributed by atoms with Gasteiger partial charge in [0.2, 0.25) is 5.91 Å². The lowest BCUT2D eigenvalue weighted by Gasteiger charge is -2.10. The van der Waals surface area contributed by atoms with Crippen molar-refractivity contribution in [3.63, 3.8) is 0 Å². The van der Waals surface area contributed by atoms with Crippen LogP contribution in [0, 0.1) is 5.41 Å². The predicted molar refractivity (Wildman–Crippen MR) is 116 cm³/mol. The molecule has 8 heteroatoms. The number of aryl methyl sites for hydroxylation is 2. The molecule has 0 atom stereocenters. The van der Waals surface area contributed by atoms with E-state index in [9.17, 15) is 4.79 Å². The van der Waals surface area contributed by atoms with Crippen LogP contribution >= 0.6 is 0 Å². The smallest absolute Gasteiger partial charge is 0.241 e. The van der Waals surface area contributed by atoms with Gasteiger partial charge < -0.3 is 10.7 Å². The van der Waals surface area contributed by atoms with Crippen LogP contribution in [-0.4, -0.2) is 32.0 Å². The number of aromatic amines is 1. The van der Waals surface area contributed by atoms with Gasteiger partial charge in [0, 0.05) is 40.8 Å². The average Bonchev–Trinajstić information content (AvgIpc) is 3.34. The maximum Gasteiger partial charge on any atom is 0.241 e. The molecule has 0 radical (unpaired) electrons. The number of hydrogen-bond acceptors (Lipinski definition) is 4. The molecule has 4 rings (SSSR count). The highest BCUT2D eigenvalue weighted by Crippen LogP contribution is 2.38. The number of carbonyl (C=O) groups excluding carboxylic acids is 1. The number of pyridine rings is 2. The van der Waals surface area contributed by atoms with Crippen LogP contribution in [0.25, 0.3) is 28.6 Å². The summed E-state index contributed by atoms with van der Waals surface area (Å²) in [4.78, 5) is 23.3. The molecular weight excluding hydrogens is 378 g/mol. The summed E-state index contributed by atoms with van der Waals surface area (Å²) in [7, 11) is 0. The lowest BCUT2D eigenvalue weighted by Crippen LogP contribution is -2.10. The number of H-pyrrole nitrogens is 1. The molecule has 30 heavy (non-hydrogen) atoms. The van der Waals surface area contributed by atoms with Gasteiger partial charge in [-0.25, -0.2) is 4.99 Å². The Morgan fingerprint density at radius 1 is 1.37 bits per heavy atom. The highest BCUT2D eigenvalue weighted by molar-refractivity contribution is 5.92. The van der Waals surface area contributed by atoms with E-state index in [0.717, 1.165) is 66.0 Å². The molecule has 0 aliphatic carbocycles. The normalized spacial score (nSPS) is 13.7. The van der Waals surface area contributed by atoms with Crippen LogP contribution in [0.1, 0.15) is 30.4 Å². The first-order valence-electron chi connectivity index (χ1n) is 9.90. The number of nitrogens with one attached hydrogen (secondary N) is 2. The topological polar surface area (TPSA) is 126 Å². The van der Waals surface area contributed by atoms with E-state index in [1.54, 1.807) is 12.1 Å². The maximum absolute atomic E-state index is 11.4. The molecule has 0 aromatic carbocycles. The minimum absolute atomic E-state index is 0.509. The molecule has 4 N–H and O–H groups in total. The van der Waals surface area contributed by atoms with Crippen molar-refractivity contribution in [1.82, 2.24) is 19.7 Å². The number of hydrogen-bond donors (Lipinski definition) is 3. The fraction of sp³-hybridized carbons (Fsp3) is 0.227. The van der Waals surface area contributed by atoms with E-state index in [-0.39, 0.29) is 0 Å². The zero-order chi connectivity index (χ0) is 21.1. The van der Waals surface area contributed by atoms with Crippen molar-refractivity contribution in [2.75, 3.05) is 0 Å². The van der Waals surface area contributed by atoms with E-state index in [1.165, 1.54) is 6.08 Å². The number of nitrogens with two attached hydrogens (primary N) is 1. The van der Waals surface area contributed by atoms with Gasteiger partial charge in [0.05, 0.1) is 5.69 Å². The third-order valence-electron chi connectivity index (χ3n) is 5.10. The third-order valence-corrected chi connectivity index (χ3v) is 5.10. The Morgan fingerprint density at radius 2 is 2.23 bits per heavy atom. The van der Waals surface area contributed by atoms with Crippen molar-refractivity contribution in [2.45, 2.75) is 32.7 Å². The molecular formula is C22H23N7O. The molecule has 1 amide bonds. The zero-order valence-electron chi connectivity index (χ0n) is 16.7. The Hall–Kier alpha value is -3.81. The first-order valence-corrected chi connectivity index (χ1v) is 9.90. The van der Waals surface area contributed by atoms with Crippen LogP contribution in [0.2, 0.25) is 0 Å². The lowest BCUT2D eigenvalue weighted by atomic mass is 9.98. The average molecular weight is 401 g/mol. The van der Waals surface area contributed by atoms with Crippen LogP contribution in [0.15, 0.2) is 41.4 Å². The summed E-state index contributed by atoms with van der Waals surface area (Å²) in [6.45, 7) is 2.95. The van der Waals surface area contributed by atoms with Gasteiger partial charge in [0.25, 0.3) is 0 Å². The van der Waals surface area contributed by atoms with E-state index in [2.05, 4.69) is 16.9 Å². The third kappa shape index (κ3) is 3.71. The lowest BCUT2D eigenvalue weighted by molar-refractivity contribution is -0.113. The molecule has 4 heterocycles. The summed E-state index contributed by atoms with van der Waals surface area (Å²) in [5, 5.41) is 12.1. The number of aromatic nitrogens is 4. The molecule has 8 nitrogen and oxygen atoms in total. The number of amides is 1. The van der Waals surface area contributed by atoms with Crippen molar-refractivity contribution in [2.24, 2.45) is 10.7 Å². The molecule has 0 spiro atoms. The Labute approximate surface area is 173 Å². The summed E-state index contributed by atoms with van der Waals surface area (Å²) < 4.78 is 2.04. The molecule has 1 aliphatic rings. The van der Waals surface area contributed by atoms with Gasteiger partial charge in [-0.3, -0.25) is 19.9 Å². The van der Waals surface area contributed by atoms with Crippen molar-refractivity contribution >= 4 is 18.3 Å². The largest absolute Gasteiger partial charge is 0.366 e. The van der Waals surface area contributed by atoms with Crippen LogP contribution < -0.4 is 11.2 Å². The molecule has 1 aliphatic heterocycles. The first-order chi connectivity index (χ1) is 14.6. The Bertz CT molecular complexity index is 1220. The monoisotopic (exact) mass is 401 g/mol. The van der Waals surface area contributed by atoms with E-state index < -0.39 is 5.91 Å². The van der Waals surface area contributed by atoms with Crippen LogP contribution in [0.3, 0.4) is 0 Å². The highest BCUT2D eigenvalue weighted by Gasteiger charge is 2.25. The standard InChI is InChI=1S/C22H23N7O/c1-2-14-5-3-6-17(26-14)22-21(18-7-4-12-29(18)28-22)15-8-11-20(25-13-23)27-16(15)9-10-19(24)30/h3,5-6,8-11,13H,2,4,7,12H2,1H3,(H2,24,30)(H2,23,25,27)/b10-9+. The van der Waals surface area contributed by atoms with E-state index in [1.807, 2.05) is 28.9 Å². The molecule has 0 saturated heterocycles. The summed E-state index contributed by atoms with van der Waals surface area (Å²) in [5.74, 6) is -0.540. The van der Waals surface area contributed by atoms with Crippen molar-refractivity contribution in [3.05, 3.63) is 59.0 Å². The van der Waals surface area contributed by atoms with Crippen molar-refractivity contribution in [3.8, 4) is 22.5 Å². The Morgan fingerprint density at radius 3 is 3.00 bits per heavy atom. The summed E-state index contributed by atoms with van der Waals surface area (Å²) in [5.41, 5.74) is 12.2. The first kappa shape index (κ1) is 19.5. The maximum atomic E-state index is 11.4. The minimum atomic E-state index is -0.540. The second kappa shape index (κ2) is 8.28. The quantitative estimate of drug-likeness (QED) is 0.334. The van der Waals surface area contributed by atoms with Crippen molar-refractivity contribution in [1.29, 1.82) is 5.41 Å². The van der Waals surface area contributed by atoms with E-state index >= 15 is 0 Å². The SMILES string of the molecule is CCc1cccc(-c2nn3c(c2-c2cc/c(=N/C=N)[nH]c2/C=C/C(N)=O)CCC3)n1. The molecule has 0 bridgehead atoms. The Balaban J connectivity index is 1.97. The van der Waals surface area contributed by atoms with Gasteiger partial charge in [-0.1, -0.05) is 13.0 Å². The number of carbonyl (C=O) groups is 1. The molecule has 3 aromatic rings. The number of nitrogens with zero attached hydrogens (tertiary/aromatic N) is 4. The van der Waals surface area contributed by atoms with Gasteiger partial charge in [0.15, 0.2) is 0 Å². The van der Waals surface area contributed by atoms with Gasteiger partial charge >= 0.3 is 0 Å². The fourth-order valence-electron chi connectivity index (χ4n) is 3.76. The predicted octanol–water partition coefficient (Wildman–Crippen LogP) is 2.46. The molecule has 0 saturated carbocycles. The molecule has 0 fully saturated rings. The molecule has 0 unspecified atom stereocenters. The second-order valence-electron chi connectivity index (χ2n) is 7.03. The number of fused-ring (bicyclic) bond motifs is 1. The van der Waals surface area contributed by atoms with Gasteiger partial charge in [0.1, 0.15) is 17.5 Å². The van der Waals surface area contributed by atoms with E-state index in [4.69, 9.17) is 21.2 Å². The number of primary amides is 1. The van der Waals surface area contributed by atoms with Crippen molar-refractivity contribution < 1.29 is 4.79 Å². The highest BCUT2D eigenvalue weighted by atomic mass is 16.1. The van der Waals surface area contributed by atoms with Crippen LogP contribution in [0.4, 0.5) is 0 Å². The van der Waals surface area contributed by atoms with Gasteiger partial charge in [-0.15, -0.1) is 0 Å². The number of rotatable bonds is 6.